The van der Waals surface area contributed by atoms with Gasteiger partial charge in [0.05, 0.1) is 6.04 Å². The van der Waals surface area contributed by atoms with E-state index in [1.807, 2.05) is 32.9 Å². The summed E-state index contributed by atoms with van der Waals surface area (Å²) in [5, 5.41) is 7.27. The van der Waals surface area contributed by atoms with Crippen molar-refractivity contribution in [1.82, 2.24) is 24.9 Å². The Kier molecular flexibility index (Phi) is 4.79. The molecule has 1 N–H and O–H groups in total. The van der Waals surface area contributed by atoms with Crippen molar-refractivity contribution in [2.45, 2.75) is 46.6 Å². The van der Waals surface area contributed by atoms with Crippen molar-refractivity contribution in [3.05, 3.63) is 58.7 Å². The molecule has 0 unspecified atom stereocenters. The second-order valence-electron chi connectivity index (χ2n) is 6.38. The lowest BCUT2D eigenvalue weighted by molar-refractivity contribution is -0.121. The average molecular weight is 337 g/mol. The van der Waals surface area contributed by atoms with E-state index in [1.54, 1.807) is 4.52 Å². The fourth-order valence-electron chi connectivity index (χ4n) is 3.22. The highest BCUT2D eigenvalue weighted by molar-refractivity contribution is 5.76. The number of carbonyl (C=O) groups excluding carboxylic acids is 1. The Labute approximate surface area is 147 Å². The SMILES string of the molecule is Cc1ccccc1[C@@H](C)NC(=O)CCc1c(C)nc2ncnn2c1C. The van der Waals surface area contributed by atoms with E-state index in [4.69, 9.17) is 0 Å². The van der Waals surface area contributed by atoms with Gasteiger partial charge in [-0.2, -0.15) is 10.1 Å². The lowest BCUT2D eigenvalue weighted by atomic mass is 10.0. The van der Waals surface area contributed by atoms with Gasteiger partial charge in [0, 0.05) is 17.8 Å². The molecule has 130 valence electrons. The Bertz CT molecular complexity index is 915. The molecular weight excluding hydrogens is 314 g/mol. The molecule has 0 saturated heterocycles. The minimum atomic E-state index is -0.00758. The van der Waals surface area contributed by atoms with E-state index in [0.29, 0.717) is 18.6 Å². The molecule has 0 aliphatic carbocycles. The molecule has 1 atom stereocenters. The molecule has 0 spiro atoms. The summed E-state index contributed by atoms with van der Waals surface area (Å²) < 4.78 is 1.72. The van der Waals surface area contributed by atoms with E-state index < -0.39 is 0 Å². The van der Waals surface area contributed by atoms with Crippen molar-refractivity contribution in [3.63, 3.8) is 0 Å². The summed E-state index contributed by atoms with van der Waals surface area (Å²) in [5.74, 6) is 0.629. The van der Waals surface area contributed by atoms with Crippen molar-refractivity contribution >= 4 is 11.7 Å². The van der Waals surface area contributed by atoms with Crippen molar-refractivity contribution in [2.75, 3.05) is 0 Å². The Morgan fingerprint density at radius 1 is 1.24 bits per heavy atom. The second-order valence-corrected chi connectivity index (χ2v) is 6.38. The van der Waals surface area contributed by atoms with Gasteiger partial charge in [0.1, 0.15) is 6.33 Å². The minimum absolute atomic E-state index is 0.00758. The first-order valence-electron chi connectivity index (χ1n) is 8.48. The van der Waals surface area contributed by atoms with Gasteiger partial charge in [-0.25, -0.2) is 9.50 Å². The van der Waals surface area contributed by atoms with E-state index in [0.717, 1.165) is 22.5 Å². The first-order valence-corrected chi connectivity index (χ1v) is 8.48. The van der Waals surface area contributed by atoms with Gasteiger partial charge in [0.15, 0.2) is 0 Å². The number of aryl methyl sites for hydroxylation is 3. The number of hydrogen-bond acceptors (Lipinski definition) is 4. The Morgan fingerprint density at radius 2 is 2.00 bits per heavy atom. The van der Waals surface area contributed by atoms with Crippen molar-refractivity contribution in [3.8, 4) is 0 Å². The number of carbonyl (C=O) groups is 1. The standard InChI is InChI=1S/C19H23N5O/c1-12-7-5-6-8-16(12)13(2)22-18(25)10-9-17-14(3)23-19-20-11-21-24(19)15(17)4/h5-8,11,13H,9-10H2,1-4H3,(H,22,25)/t13-/m1/s1. The maximum Gasteiger partial charge on any atom is 0.252 e. The van der Waals surface area contributed by atoms with Crippen molar-refractivity contribution in [1.29, 1.82) is 0 Å². The van der Waals surface area contributed by atoms with Gasteiger partial charge >= 0.3 is 0 Å². The van der Waals surface area contributed by atoms with Crippen LogP contribution < -0.4 is 5.32 Å². The van der Waals surface area contributed by atoms with E-state index in [-0.39, 0.29) is 11.9 Å². The number of aromatic nitrogens is 4. The monoisotopic (exact) mass is 337 g/mol. The summed E-state index contributed by atoms with van der Waals surface area (Å²) in [4.78, 5) is 21.0. The van der Waals surface area contributed by atoms with Crippen molar-refractivity contribution in [2.24, 2.45) is 0 Å². The number of hydrogen-bond donors (Lipinski definition) is 1. The highest BCUT2D eigenvalue weighted by atomic mass is 16.1. The zero-order chi connectivity index (χ0) is 18.0. The van der Waals surface area contributed by atoms with Gasteiger partial charge in [-0.15, -0.1) is 0 Å². The summed E-state index contributed by atoms with van der Waals surface area (Å²) in [6, 6.07) is 8.11. The summed E-state index contributed by atoms with van der Waals surface area (Å²) in [5.41, 5.74) is 5.27. The van der Waals surface area contributed by atoms with Crippen LogP contribution in [0.3, 0.4) is 0 Å². The van der Waals surface area contributed by atoms with Gasteiger partial charge in [-0.1, -0.05) is 24.3 Å². The number of nitrogens with zero attached hydrogens (tertiary/aromatic N) is 4. The van der Waals surface area contributed by atoms with Gasteiger partial charge < -0.3 is 5.32 Å². The van der Waals surface area contributed by atoms with Gasteiger partial charge in [0.25, 0.3) is 5.78 Å². The number of benzene rings is 1. The van der Waals surface area contributed by atoms with Crippen LogP contribution in [-0.4, -0.2) is 25.5 Å². The molecule has 0 fully saturated rings. The van der Waals surface area contributed by atoms with Gasteiger partial charge in [-0.05, 0) is 50.8 Å². The topological polar surface area (TPSA) is 72.2 Å². The third-order valence-corrected chi connectivity index (χ3v) is 4.62. The van der Waals surface area contributed by atoms with Crippen molar-refractivity contribution < 1.29 is 4.79 Å². The molecule has 0 bridgehead atoms. The molecule has 3 rings (SSSR count). The lowest BCUT2D eigenvalue weighted by Crippen LogP contribution is -2.27. The number of nitrogens with one attached hydrogen (secondary N) is 1. The lowest BCUT2D eigenvalue weighted by Gasteiger charge is -2.17. The minimum Gasteiger partial charge on any atom is -0.350 e. The third kappa shape index (κ3) is 3.52. The first-order chi connectivity index (χ1) is 12.0. The quantitative estimate of drug-likeness (QED) is 0.777. The van der Waals surface area contributed by atoms with Crippen LogP contribution in [0.15, 0.2) is 30.6 Å². The molecule has 3 aromatic rings. The van der Waals surface area contributed by atoms with E-state index in [1.165, 1.54) is 11.9 Å². The second kappa shape index (κ2) is 7.01. The Hall–Kier alpha value is -2.76. The number of amides is 1. The zero-order valence-corrected chi connectivity index (χ0v) is 15.1. The summed E-state index contributed by atoms with van der Waals surface area (Å²) in [6.45, 7) is 8.01. The highest BCUT2D eigenvalue weighted by Crippen LogP contribution is 2.18. The normalized spacial score (nSPS) is 12.3. The third-order valence-electron chi connectivity index (χ3n) is 4.62. The maximum atomic E-state index is 12.4. The largest absolute Gasteiger partial charge is 0.350 e. The van der Waals surface area contributed by atoms with Crippen LogP contribution in [0.2, 0.25) is 0 Å². The van der Waals surface area contributed by atoms with E-state index in [2.05, 4.69) is 39.4 Å². The average Bonchev–Trinajstić information content (AvgIpc) is 3.03. The Morgan fingerprint density at radius 3 is 2.76 bits per heavy atom. The van der Waals surface area contributed by atoms with Crippen LogP contribution in [-0.2, 0) is 11.2 Å². The van der Waals surface area contributed by atoms with Crippen LogP contribution in [0.25, 0.3) is 5.78 Å². The molecule has 0 radical (unpaired) electrons. The molecule has 0 saturated carbocycles. The van der Waals surface area contributed by atoms with Crippen LogP contribution in [0, 0.1) is 20.8 Å². The van der Waals surface area contributed by atoms with E-state index in [9.17, 15) is 4.79 Å². The fourth-order valence-corrected chi connectivity index (χ4v) is 3.22. The fraction of sp³-hybridized carbons (Fsp3) is 0.368. The summed E-state index contributed by atoms with van der Waals surface area (Å²) in [7, 11) is 0. The first kappa shape index (κ1) is 17.1. The van der Waals surface area contributed by atoms with E-state index >= 15 is 0 Å². The molecule has 2 heterocycles. The molecule has 0 aliphatic rings. The highest BCUT2D eigenvalue weighted by Gasteiger charge is 2.15. The van der Waals surface area contributed by atoms with Crippen LogP contribution in [0.4, 0.5) is 0 Å². The van der Waals surface area contributed by atoms with Crippen LogP contribution in [0.5, 0.6) is 0 Å². The summed E-state index contributed by atoms with van der Waals surface area (Å²) in [6.07, 6.45) is 2.54. The summed E-state index contributed by atoms with van der Waals surface area (Å²) >= 11 is 0. The molecule has 6 heteroatoms. The Balaban J connectivity index is 1.68. The van der Waals surface area contributed by atoms with Crippen LogP contribution in [0.1, 0.15) is 47.5 Å². The van der Waals surface area contributed by atoms with Crippen LogP contribution >= 0.6 is 0 Å². The number of rotatable bonds is 5. The van der Waals surface area contributed by atoms with Gasteiger partial charge in [0.2, 0.25) is 5.91 Å². The number of fused-ring (bicyclic) bond motifs is 1. The zero-order valence-electron chi connectivity index (χ0n) is 15.1. The molecule has 2 aromatic heterocycles. The maximum absolute atomic E-state index is 12.4. The predicted octanol–water partition coefficient (Wildman–Crippen LogP) is 2.86. The smallest absolute Gasteiger partial charge is 0.252 e. The molecule has 0 aliphatic heterocycles. The molecule has 1 amide bonds. The molecule has 6 nitrogen and oxygen atoms in total. The van der Waals surface area contributed by atoms with Gasteiger partial charge in [-0.3, -0.25) is 4.79 Å². The molecular formula is C19H23N5O. The molecule has 25 heavy (non-hydrogen) atoms. The molecule has 1 aromatic carbocycles. The predicted molar refractivity (Wildman–Crippen MR) is 96.3 cm³/mol.